The van der Waals surface area contributed by atoms with E-state index in [0.717, 1.165) is 35.7 Å². The largest absolute Gasteiger partial charge is 0.325 e. The third kappa shape index (κ3) is 5.84. The van der Waals surface area contributed by atoms with Crippen molar-refractivity contribution in [1.82, 2.24) is 14.6 Å². The van der Waals surface area contributed by atoms with Crippen molar-refractivity contribution in [2.45, 2.75) is 48.8 Å². The minimum absolute atomic E-state index is 0.142. The Morgan fingerprint density at radius 3 is 2.45 bits per heavy atom. The summed E-state index contributed by atoms with van der Waals surface area (Å²) in [5.41, 5.74) is 2.61. The van der Waals surface area contributed by atoms with E-state index in [1.807, 2.05) is 26.0 Å². The number of thioether (sulfide) groups is 1. The van der Waals surface area contributed by atoms with Crippen molar-refractivity contribution >= 4 is 39.4 Å². The second-order valence-corrected chi connectivity index (χ2v) is 10.8. The van der Waals surface area contributed by atoms with E-state index in [4.69, 9.17) is 0 Å². The van der Waals surface area contributed by atoms with Gasteiger partial charge in [0.05, 0.1) is 10.3 Å². The second-order valence-electron chi connectivity index (χ2n) is 7.47. The highest BCUT2D eigenvalue weighted by molar-refractivity contribution is 8.00. The van der Waals surface area contributed by atoms with Gasteiger partial charge >= 0.3 is 6.03 Å². The highest BCUT2D eigenvalue weighted by Gasteiger charge is 2.27. The van der Waals surface area contributed by atoms with Crippen LogP contribution < -0.4 is 10.6 Å². The lowest BCUT2D eigenvalue weighted by molar-refractivity contribution is -0.119. The van der Waals surface area contributed by atoms with E-state index >= 15 is 0 Å². The summed E-state index contributed by atoms with van der Waals surface area (Å²) in [4.78, 5) is 28.8. The molecule has 1 aliphatic heterocycles. The number of urea groups is 1. The Hall–Kier alpha value is -2.43. The zero-order valence-corrected chi connectivity index (χ0v) is 19.3. The fourth-order valence-electron chi connectivity index (χ4n) is 3.22. The number of carbonyl (C=O) groups is 2. The van der Waals surface area contributed by atoms with Crippen molar-refractivity contribution in [3.63, 3.8) is 0 Å². The van der Waals surface area contributed by atoms with Crippen molar-refractivity contribution in [3.05, 3.63) is 47.7 Å². The molecule has 3 rings (SSSR count). The number of amides is 3. The van der Waals surface area contributed by atoms with Crippen molar-refractivity contribution in [2.24, 2.45) is 0 Å². The van der Waals surface area contributed by atoms with E-state index in [9.17, 15) is 18.0 Å². The van der Waals surface area contributed by atoms with Gasteiger partial charge < -0.3 is 5.32 Å². The molecule has 1 unspecified atom stereocenters. The van der Waals surface area contributed by atoms with Crippen molar-refractivity contribution < 1.29 is 18.0 Å². The number of pyridine rings is 1. The van der Waals surface area contributed by atoms with E-state index in [0.29, 0.717) is 23.8 Å². The van der Waals surface area contributed by atoms with Gasteiger partial charge in [-0.1, -0.05) is 29.5 Å². The van der Waals surface area contributed by atoms with E-state index in [-0.39, 0.29) is 4.90 Å². The fourth-order valence-corrected chi connectivity index (χ4v) is 5.47. The second kappa shape index (κ2) is 9.80. The summed E-state index contributed by atoms with van der Waals surface area (Å²) in [6.07, 6.45) is 3.04. The summed E-state index contributed by atoms with van der Waals surface area (Å²) < 4.78 is 26.6. The summed E-state index contributed by atoms with van der Waals surface area (Å²) >= 11 is 1.15. The molecule has 1 atom stereocenters. The van der Waals surface area contributed by atoms with Gasteiger partial charge in [-0.3, -0.25) is 10.1 Å². The number of nitrogens with one attached hydrogen (secondary N) is 2. The maximum absolute atomic E-state index is 12.6. The maximum atomic E-state index is 12.6. The number of sulfonamides is 1. The van der Waals surface area contributed by atoms with Crippen molar-refractivity contribution in [1.29, 1.82) is 0 Å². The van der Waals surface area contributed by atoms with Crippen LogP contribution in [0.5, 0.6) is 0 Å². The molecule has 166 valence electrons. The van der Waals surface area contributed by atoms with Crippen LogP contribution in [0.3, 0.4) is 0 Å². The van der Waals surface area contributed by atoms with Crippen LogP contribution in [-0.2, 0) is 14.8 Å². The maximum Gasteiger partial charge on any atom is 0.325 e. The lowest BCUT2D eigenvalue weighted by Gasteiger charge is -2.15. The molecular formula is C21H26N4O4S2. The number of benzene rings is 1. The van der Waals surface area contributed by atoms with Crippen molar-refractivity contribution in [2.75, 3.05) is 18.4 Å². The fraction of sp³-hybridized carbons (Fsp3) is 0.381. The first-order chi connectivity index (χ1) is 14.7. The molecule has 0 aliphatic carbocycles. The molecule has 1 aromatic heterocycles. The molecule has 0 saturated carbocycles. The average Bonchev–Trinajstić information content (AvgIpc) is 3.26. The quantitative estimate of drug-likeness (QED) is 0.638. The first-order valence-corrected chi connectivity index (χ1v) is 12.3. The van der Waals surface area contributed by atoms with Gasteiger partial charge in [0.2, 0.25) is 15.9 Å². The van der Waals surface area contributed by atoms with Gasteiger partial charge in [-0.05, 0) is 57.4 Å². The lowest BCUT2D eigenvalue weighted by atomic mass is 10.1. The van der Waals surface area contributed by atoms with Gasteiger partial charge in [0.1, 0.15) is 4.90 Å². The van der Waals surface area contributed by atoms with E-state index in [2.05, 4.69) is 15.6 Å². The van der Waals surface area contributed by atoms with Gasteiger partial charge in [0, 0.05) is 25.0 Å². The van der Waals surface area contributed by atoms with Gasteiger partial charge in [0.15, 0.2) is 0 Å². The first-order valence-electron chi connectivity index (χ1n) is 9.99. The lowest BCUT2D eigenvalue weighted by Crippen LogP contribution is -2.39. The third-order valence-corrected chi connectivity index (χ3v) is 7.88. The molecule has 2 heterocycles. The molecule has 1 saturated heterocycles. The number of rotatable bonds is 6. The number of carbonyl (C=O) groups excluding carboxylic acids is 2. The smallest absolute Gasteiger partial charge is 0.307 e. The van der Waals surface area contributed by atoms with E-state index in [1.165, 1.54) is 16.6 Å². The Labute approximate surface area is 186 Å². The zero-order chi connectivity index (χ0) is 22.6. The van der Waals surface area contributed by atoms with Crippen molar-refractivity contribution in [3.8, 4) is 0 Å². The highest BCUT2D eigenvalue weighted by Crippen LogP contribution is 2.25. The summed E-state index contributed by atoms with van der Waals surface area (Å²) in [6.45, 7) is 6.55. The van der Waals surface area contributed by atoms with Crippen LogP contribution in [0.15, 0.2) is 46.5 Å². The van der Waals surface area contributed by atoms with Crippen LogP contribution in [-0.4, -0.2) is 48.0 Å². The Balaban J connectivity index is 1.56. The molecule has 3 amide bonds. The standard InChI is InChI=1S/C21H26N4O4S2/c1-14-6-8-18(15(2)12-14)23-21(27)24-20(26)16(3)30-19-9-7-17(13-22-19)31(28,29)25-10-4-5-11-25/h6-9,12-13,16H,4-5,10-11H2,1-3H3,(H2,23,24,26,27). The average molecular weight is 463 g/mol. The van der Waals surface area contributed by atoms with Crippen LogP contribution in [0.1, 0.15) is 30.9 Å². The Morgan fingerprint density at radius 1 is 1.13 bits per heavy atom. The van der Waals surface area contributed by atoms with Crippen LogP contribution in [0.4, 0.5) is 10.5 Å². The zero-order valence-electron chi connectivity index (χ0n) is 17.7. The summed E-state index contributed by atoms with van der Waals surface area (Å²) in [5, 5.41) is 4.89. The van der Waals surface area contributed by atoms with Crippen LogP contribution in [0.2, 0.25) is 0 Å². The predicted molar refractivity (Wildman–Crippen MR) is 121 cm³/mol. The molecule has 2 N–H and O–H groups in total. The number of aromatic nitrogens is 1. The van der Waals surface area contributed by atoms with Gasteiger partial charge in [-0.15, -0.1) is 0 Å². The molecule has 2 aromatic rings. The number of hydrogen-bond acceptors (Lipinski definition) is 6. The molecule has 0 radical (unpaired) electrons. The van der Waals surface area contributed by atoms with E-state index in [1.54, 1.807) is 19.1 Å². The van der Waals surface area contributed by atoms with Gasteiger partial charge in [0.25, 0.3) is 0 Å². The Kier molecular flexibility index (Phi) is 7.34. The molecule has 8 nitrogen and oxygen atoms in total. The molecule has 1 aromatic carbocycles. The number of imide groups is 1. The third-order valence-electron chi connectivity index (χ3n) is 4.95. The van der Waals surface area contributed by atoms with Crippen LogP contribution in [0, 0.1) is 13.8 Å². The highest BCUT2D eigenvalue weighted by atomic mass is 32.2. The summed E-state index contributed by atoms with van der Waals surface area (Å²) in [5.74, 6) is -0.470. The Morgan fingerprint density at radius 2 is 1.84 bits per heavy atom. The van der Waals surface area contributed by atoms with Crippen LogP contribution in [0.25, 0.3) is 0 Å². The molecule has 1 aliphatic rings. The van der Waals surface area contributed by atoms with Gasteiger partial charge in [-0.2, -0.15) is 4.31 Å². The normalized spacial score (nSPS) is 15.5. The topological polar surface area (TPSA) is 108 Å². The Bertz CT molecular complexity index is 1070. The number of anilines is 1. The van der Waals surface area contributed by atoms with Gasteiger partial charge in [-0.25, -0.2) is 18.2 Å². The number of aryl methyl sites for hydroxylation is 2. The van der Waals surface area contributed by atoms with Crippen LogP contribution >= 0.6 is 11.8 Å². The number of hydrogen-bond donors (Lipinski definition) is 2. The first kappa shape index (κ1) is 23.2. The minimum atomic E-state index is -3.52. The van der Waals surface area contributed by atoms with E-state index < -0.39 is 27.2 Å². The molecule has 1 fully saturated rings. The number of nitrogens with zero attached hydrogens (tertiary/aromatic N) is 2. The predicted octanol–water partition coefficient (Wildman–Crippen LogP) is 3.31. The molecular weight excluding hydrogens is 436 g/mol. The summed E-state index contributed by atoms with van der Waals surface area (Å²) in [6, 6.07) is 8.07. The molecule has 0 spiro atoms. The molecule has 10 heteroatoms. The SMILES string of the molecule is Cc1ccc(NC(=O)NC(=O)C(C)Sc2ccc(S(=O)(=O)N3CCCC3)cn2)c(C)c1. The summed E-state index contributed by atoms with van der Waals surface area (Å²) in [7, 11) is -3.52. The molecule has 31 heavy (non-hydrogen) atoms. The minimum Gasteiger partial charge on any atom is -0.307 e. The monoisotopic (exact) mass is 462 g/mol. The molecule has 0 bridgehead atoms.